The first-order chi connectivity index (χ1) is 15.4. The maximum absolute atomic E-state index is 13.0. The quantitative estimate of drug-likeness (QED) is 0.440. The normalized spacial score (nSPS) is 15.0. The number of aromatic nitrogens is 4. The van der Waals surface area contributed by atoms with Crippen LogP contribution in [0.1, 0.15) is 35.0 Å². The van der Waals surface area contributed by atoms with Crippen molar-refractivity contribution in [2.24, 2.45) is 0 Å². The summed E-state index contributed by atoms with van der Waals surface area (Å²) in [5.74, 6) is 0.616. The first-order valence-corrected chi connectivity index (χ1v) is 10.8. The van der Waals surface area contributed by atoms with Crippen LogP contribution in [0.3, 0.4) is 0 Å². The summed E-state index contributed by atoms with van der Waals surface area (Å²) in [7, 11) is 1.65. The van der Waals surface area contributed by atoms with E-state index in [1.807, 2.05) is 66.7 Å². The molecule has 2 aromatic heterocycles. The Morgan fingerprint density at radius 1 is 1.22 bits per heavy atom. The Bertz CT molecular complexity index is 1210. The predicted octanol–water partition coefficient (Wildman–Crippen LogP) is 3.03. The smallest absolute Gasteiger partial charge is 0.276 e. The van der Waals surface area contributed by atoms with Gasteiger partial charge in [-0.15, -0.1) is 0 Å². The van der Waals surface area contributed by atoms with Crippen LogP contribution >= 0.6 is 12.2 Å². The minimum Gasteiger partial charge on any atom is -0.496 e. The second-order valence-electron chi connectivity index (χ2n) is 7.74. The molecule has 32 heavy (non-hydrogen) atoms. The third-order valence-electron chi connectivity index (χ3n) is 5.35. The van der Waals surface area contributed by atoms with Crippen LogP contribution in [0.25, 0.3) is 6.08 Å². The highest BCUT2D eigenvalue weighted by Crippen LogP contribution is 2.24. The van der Waals surface area contributed by atoms with Crippen molar-refractivity contribution in [1.29, 1.82) is 0 Å². The van der Waals surface area contributed by atoms with E-state index in [4.69, 9.17) is 17.0 Å². The standard InChI is InChI=1S/C23H26N6O2S/c1-5-27-12-18(11-24-27)13-28-22(30)20(25-23(28)32)10-17-6-7-21(31-4)19(9-17)14-29-16(3)8-15(2)26-29/h6-12H,5,13-14H2,1-4H3,(H,25,32)/b20-10+. The topological polar surface area (TPSA) is 77.2 Å². The van der Waals surface area contributed by atoms with Crippen molar-refractivity contribution >= 4 is 29.3 Å². The van der Waals surface area contributed by atoms with Crippen molar-refractivity contribution < 1.29 is 9.53 Å². The number of methoxy groups -OCH3 is 1. The number of carbonyl (C=O) groups excluding carboxylic acids is 1. The molecule has 0 atom stereocenters. The average molecular weight is 451 g/mol. The van der Waals surface area contributed by atoms with E-state index in [2.05, 4.69) is 15.5 Å². The third kappa shape index (κ3) is 4.43. The molecule has 0 spiro atoms. The highest BCUT2D eigenvalue weighted by atomic mass is 32.1. The molecule has 0 radical (unpaired) electrons. The van der Waals surface area contributed by atoms with Gasteiger partial charge in [-0.2, -0.15) is 10.2 Å². The van der Waals surface area contributed by atoms with Gasteiger partial charge in [0.25, 0.3) is 5.91 Å². The zero-order valence-electron chi connectivity index (χ0n) is 18.6. The van der Waals surface area contributed by atoms with E-state index in [1.54, 1.807) is 18.2 Å². The van der Waals surface area contributed by atoms with Gasteiger partial charge >= 0.3 is 0 Å². The minimum atomic E-state index is -0.157. The van der Waals surface area contributed by atoms with Crippen LogP contribution < -0.4 is 10.1 Å². The number of rotatable bonds is 7. The van der Waals surface area contributed by atoms with Gasteiger partial charge in [-0.3, -0.25) is 19.1 Å². The van der Waals surface area contributed by atoms with Gasteiger partial charge in [0.05, 0.1) is 32.1 Å². The van der Waals surface area contributed by atoms with Gasteiger partial charge in [-0.1, -0.05) is 6.07 Å². The van der Waals surface area contributed by atoms with E-state index in [0.717, 1.165) is 40.4 Å². The van der Waals surface area contributed by atoms with Gasteiger partial charge in [0.15, 0.2) is 5.11 Å². The molecule has 1 aliphatic rings. The lowest BCUT2D eigenvalue weighted by atomic mass is 10.1. The summed E-state index contributed by atoms with van der Waals surface area (Å²) < 4.78 is 9.31. The van der Waals surface area contributed by atoms with Crippen LogP contribution in [0.2, 0.25) is 0 Å². The number of ether oxygens (including phenoxy) is 1. The number of carbonyl (C=O) groups is 1. The number of hydrogen-bond donors (Lipinski definition) is 1. The molecular weight excluding hydrogens is 424 g/mol. The zero-order chi connectivity index (χ0) is 22.8. The Morgan fingerprint density at radius 2 is 2.03 bits per heavy atom. The number of benzene rings is 1. The number of hydrogen-bond acceptors (Lipinski definition) is 5. The fraction of sp³-hybridized carbons (Fsp3) is 0.304. The van der Waals surface area contributed by atoms with Crippen molar-refractivity contribution in [2.45, 2.75) is 40.4 Å². The Hall–Kier alpha value is -3.46. The van der Waals surface area contributed by atoms with Gasteiger partial charge in [-0.25, -0.2) is 0 Å². The van der Waals surface area contributed by atoms with Gasteiger partial charge < -0.3 is 10.1 Å². The largest absolute Gasteiger partial charge is 0.496 e. The Labute approximate surface area is 192 Å². The molecule has 3 heterocycles. The van der Waals surface area contributed by atoms with Crippen LogP contribution in [-0.4, -0.2) is 42.6 Å². The lowest BCUT2D eigenvalue weighted by Gasteiger charge is -2.12. The van der Waals surface area contributed by atoms with Gasteiger partial charge in [0.2, 0.25) is 0 Å². The molecular formula is C23H26N6O2S. The maximum Gasteiger partial charge on any atom is 0.276 e. The van der Waals surface area contributed by atoms with Gasteiger partial charge in [0.1, 0.15) is 11.4 Å². The summed E-state index contributed by atoms with van der Waals surface area (Å²) in [4.78, 5) is 14.5. The zero-order valence-corrected chi connectivity index (χ0v) is 19.4. The van der Waals surface area contributed by atoms with E-state index in [9.17, 15) is 4.79 Å². The molecule has 0 saturated carbocycles. The SMILES string of the molecule is CCn1cc(CN2C(=O)/C(=C\c3ccc(OC)c(Cn4nc(C)cc4C)c3)NC2=S)cn1. The van der Waals surface area contributed by atoms with Crippen molar-refractivity contribution in [1.82, 2.24) is 29.8 Å². The van der Waals surface area contributed by atoms with Crippen molar-refractivity contribution in [2.75, 3.05) is 7.11 Å². The molecule has 1 fully saturated rings. The van der Waals surface area contributed by atoms with Crippen LogP contribution in [0.15, 0.2) is 42.4 Å². The molecule has 1 N–H and O–H groups in total. The Morgan fingerprint density at radius 3 is 2.69 bits per heavy atom. The van der Waals surface area contributed by atoms with E-state index in [-0.39, 0.29) is 5.91 Å². The third-order valence-corrected chi connectivity index (χ3v) is 5.68. The molecule has 0 unspecified atom stereocenters. The number of nitrogens with zero attached hydrogens (tertiary/aromatic N) is 5. The summed E-state index contributed by atoms with van der Waals surface area (Å²) in [5.41, 5.74) is 5.28. The molecule has 1 aromatic carbocycles. The molecule has 1 saturated heterocycles. The second-order valence-corrected chi connectivity index (χ2v) is 8.13. The van der Waals surface area contributed by atoms with Crippen LogP contribution in [0.5, 0.6) is 5.75 Å². The molecule has 3 aromatic rings. The van der Waals surface area contributed by atoms with Crippen LogP contribution in [-0.2, 0) is 24.4 Å². The number of nitrogens with one attached hydrogen (secondary N) is 1. The monoisotopic (exact) mass is 450 g/mol. The van der Waals surface area contributed by atoms with E-state index in [0.29, 0.717) is 23.9 Å². The van der Waals surface area contributed by atoms with Crippen molar-refractivity contribution in [3.8, 4) is 5.75 Å². The first kappa shape index (κ1) is 21.8. The highest BCUT2D eigenvalue weighted by Gasteiger charge is 2.31. The van der Waals surface area contributed by atoms with E-state index >= 15 is 0 Å². The molecule has 0 aliphatic carbocycles. The van der Waals surface area contributed by atoms with Crippen molar-refractivity contribution in [3.05, 3.63) is 70.4 Å². The molecule has 8 nitrogen and oxygen atoms in total. The number of thiocarbonyl (C=S) groups is 1. The second kappa shape index (κ2) is 8.96. The highest BCUT2D eigenvalue weighted by molar-refractivity contribution is 7.80. The minimum absolute atomic E-state index is 0.157. The van der Waals surface area contributed by atoms with Gasteiger partial charge in [0, 0.05) is 29.6 Å². The number of aryl methyl sites for hydroxylation is 3. The lowest BCUT2D eigenvalue weighted by molar-refractivity contribution is -0.122. The number of amides is 1. The van der Waals surface area contributed by atoms with Crippen LogP contribution in [0.4, 0.5) is 0 Å². The summed E-state index contributed by atoms with van der Waals surface area (Å²) in [6.07, 6.45) is 5.50. The molecule has 166 valence electrons. The first-order valence-electron chi connectivity index (χ1n) is 10.4. The van der Waals surface area contributed by atoms with Crippen molar-refractivity contribution in [3.63, 3.8) is 0 Å². The maximum atomic E-state index is 13.0. The van der Waals surface area contributed by atoms with Gasteiger partial charge in [-0.05, 0) is 62.8 Å². The summed E-state index contributed by atoms with van der Waals surface area (Å²) in [6, 6.07) is 7.87. The summed E-state index contributed by atoms with van der Waals surface area (Å²) in [5, 5.41) is 12.2. The van der Waals surface area contributed by atoms with Crippen LogP contribution in [0, 0.1) is 13.8 Å². The molecule has 1 amide bonds. The molecule has 1 aliphatic heterocycles. The van der Waals surface area contributed by atoms with E-state index in [1.165, 1.54) is 0 Å². The van der Waals surface area contributed by atoms with E-state index < -0.39 is 0 Å². The summed E-state index contributed by atoms with van der Waals surface area (Å²) in [6.45, 7) is 7.75. The predicted molar refractivity (Wildman–Crippen MR) is 126 cm³/mol. The summed E-state index contributed by atoms with van der Waals surface area (Å²) >= 11 is 5.41. The Kier molecular flexibility index (Phi) is 6.09. The fourth-order valence-corrected chi connectivity index (χ4v) is 3.99. The fourth-order valence-electron chi connectivity index (χ4n) is 3.73. The molecule has 0 bridgehead atoms. The average Bonchev–Trinajstić information content (AvgIpc) is 3.43. The lowest BCUT2D eigenvalue weighted by Crippen LogP contribution is -2.29. The molecule has 4 rings (SSSR count). The molecule has 9 heteroatoms. The Balaban J connectivity index is 1.57.